The van der Waals surface area contributed by atoms with Crippen molar-refractivity contribution in [1.29, 1.82) is 5.26 Å². The Hall–Kier alpha value is -6.31. The number of halogens is 3. The van der Waals surface area contributed by atoms with Gasteiger partial charge < -0.3 is 9.13 Å². The van der Waals surface area contributed by atoms with Crippen molar-refractivity contribution in [3.63, 3.8) is 0 Å². The van der Waals surface area contributed by atoms with Gasteiger partial charge in [0.25, 0.3) is 0 Å². The lowest BCUT2D eigenvalue weighted by molar-refractivity contribution is -0.137. The van der Waals surface area contributed by atoms with E-state index < -0.39 is 11.7 Å². The number of nitrogens with zero attached hydrogens (tertiary/aromatic N) is 4. The highest BCUT2D eigenvalue weighted by atomic mass is 19.4. The molecular formula is C41H25F3N4. The number of aryl methyl sites for hydroxylation is 2. The van der Waals surface area contributed by atoms with Crippen molar-refractivity contribution in [2.24, 2.45) is 0 Å². The van der Waals surface area contributed by atoms with Gasteiger partial charge in [-0.25, -0.2) is 4.85 Å². The van der Waals surface area contributed by atoms with Gasteiger partial charge in [0.15, 0.2) is 5.69 Å². The third kappa shape index (κ3) is 4.29. The highest BCUT2D eigenvalue weighted by Gasteiger charge is 2.32. The van der Waals surface area contributed by atoms with E-state index in [-0.39, 0.29) is 11.3 Å². The molecule has 0 aliphatic heterocycles. The number of hydrogen-bond donors (Lipinski definition) is 0. The van der Waals surface area contributed by atoms with Crippen LogP contribution >= 0.6 is 0 Å². The molecule has 2 heterocycles. The molecule has 6 aromatic carbocycles. The molecule has 8 rings (SSSR count). The molecule has 0 aliphatic carbocycles. The van der Waals surface area contributed by atoms with Crippen molar-refractivity contribution >= 4 is 49.3 Å². The first kappa shape index (κ1) is 29.1. The molecule has 0 amide bonds. The van der Waals surface area contributed by atoms with Crippen molar-refractivity contribution in [3.8, 4) is 28.6 Å². The number of nitriles is 1. The summed E-state index contributed by atoms with van der Waals surface area (Å²) in [6.45, 7) is 11.8. The predicted octanol–water partition coefficient (Wildman–Crippen LogP) is 11.6. The standard InChI is InChI=1S/C41H25F3N4/c1-24-10-8-16-34-38(24)30-12-4-6-14-32(30)47(34)36-18-26(23-45)19-37(40(36)27-20-28(41(42,43)44)22-29(21-27)46-3)48-33-15-7-5-13-31(33)39-25(2)11-9-17-35(39)48/h4-22H,1-2H3. The molecule has 0 radical (unpaired) electrons. The van der Waals surface area contributed by atoms with E-state index in [0.29, 0.717) is 22.5 Å². The van der Waals surface area contributed by atoms with E-state index in [1.54, 1.807) is 12.1 Å². The largest absolute Gasteiger partial charge is 0.415 e. The van der Waals surface area contributed by atoms with Gasteiger partial charge in [-0.2, -0.15) is 18.4 Å². The molecule has 0 saturated heterocycles. The molecule has 0 fully saturated rings. The monoisotopic (exact) mass is 630 g/mol. The van der Waals surface area contributed by atoms with E-state index in [4.69, 9.17) is 6.57 Å². The average Bonchev–Trinajstić information content (AvgIpc) is 3.61. The quantitative estimate of drug-likeness (QED) is 0.179. The minimum Gasteiger partial charge on any atom is -0.308 e. The first-order valence-corrected chi connectivity index (χ1v) is 15.4. The summed E-state index contributed by atoms with van der Waals surface area (Å²) in [6, 6.07) is 37.1. The molecule has 0 unspecified atom stereocenters. The SMILES string of the molecule is [C-]#[N+]c1cc(-c2c(-n3c4ccccc4c4c(C)cccc43)cc(C#N)cc2-n2c3ccccc3c3c(C)cccc32)cc(C(F)(F)F)c1. The van der Waals surface area contributed by atoms with E-state index in [0.717, 1.165) is 66.9 Å². The molecule has 0 aliphatic rings. The van der Waals surface area contributed by atoms with Crippen molar-refractivity contribution in [2.75, 3.05) is 0 Å². The molecule has 0 saturated carbocycles. The van der Waals surface area contributed by atoms with Crippen LogP contribution in [0.2, 0.25) is 0 Å². The van der Waals surface area contributed by atoms with E-state index in [2.05, 4.69) is 10.9 Å². The smallest absolute Gasteiger partial charge is 0.308 e. The molecule has 7 heteroatoms. The van der Waals surface area contributed by atoms with Gasteiger partial charge in [-0.3, -0.25) is 0 Å². The number of para-hydroxylation sites is 2. The summed E-state index contributed by atoms with van der Waals surface area (Å²) in [5.74, 6) is 0. The normalized spacial score (nSPS) is 11.8. The maximum atomic E-state index is 14.4. The second-order valence-electron chi connectivity index (χ2n) is 12.0. The minimum absolute atomic E-state index is 0.128. The van der Waals surface area contributed by atoms with Crippen molar-refractivity contribution in [2.45, 2.75) is 20.0 Å². The van der Waals surface area contributed by atoms with Crippen LogP contribution in [0.4, 0.5) is 18.9 Å². The Morgan fingerprint density at radius 3 is 1.62 bits per heavy atom. The Morgan fingerprint density at radius 2 is 1.15 bits per heavy atom. The second kappa shape index (κ2) is 10.6. The van der Waals surface area contributed by atoms with Gasteiger partial charge in [-0.05, 0) is 85.1 Å². The summed E-state index contributed by atoms with van der Waals surface area (Å²) >= 11 is 0. The highest BCUT2D eigenvalue weighted by Crippen LogP contribution is 2.45. The Labute approximate surface area is 273 Å². The fourth-order valence-corrected chi connectivity index (χ4v) is 7.23. The maximum Gasteiger partial charge on any atom is 0.415 e. The predicted molar refractivity (Wildman–Crippen MR) is 186 cm³/mol. The Morgan fingerprint density at radius 1 is 0.646 bits per heavy atom. The third-order valence-corrected chi connectivity index (χ3v) is 9.18. The number of benzene rings is 6. The zero-order chi connectivity index (χ0) is 33.3. The molecule has 48 heavy (non-hydrogen) atoms. The summed E-state index contributed by atoms with van der Waals surface area (Å²) in [5, 5.41) is 14.5. The first-order valence-electron chi connectivity index (χ1n) is 15.4. The van der Waals surface area contributed by atoms with E-state index in [9.17, 15) is 18.4 Å². The number of aromatic nitrogens is 2. The lowest BCUT2D eigenvalue weighted by atomic mass is 9.96. The summed E-state index contributed by atoms with van der Waals surface area (Å²) < 4.78 is 47.4. The first-order chi connectivity index (χ1) is 23.2. The molecular weight excluding hydrogens is 605 g/mol. The Balaban J connectivity index is 1.64. The lowest BCUT2D eigenvalue weighted by Gasteiger charge is -2.22. The Kier molecular flexibility index (Phi) is 6.44. The van der Waals surface area contributed by atoms with Crippen LogP contribution in [0.1, 0.15) is 22.3 Å². The maximum absolute atomic E-state index is 14.4. The zero-order valence-electron chi connectivity index (χ0n) is 25.9. The van der Waals surface area contributed by atoms with Gasteiger partial charge in [-0.15, -0.1) is 0 Å². The third-order valence-electron chi connectivity index (χ3n) is 9.18. The van der Waals surface area contributed by atoms with Gasteiger partial charge in [0.1, 0.15) is 0 Å². The van der Waals surface area contributed by atoms with Gasteiger partial charge >= 0.3 is 6.18 Å². The topological polar surface area (TPSA) is 38.0 Å². The van der Waals surface area contributed by atoms with Crippen LogP contribution < -0.4 is 0 Å². The van der Waals surface area contributed by atoms with Crippen LogP contribution in [0.15, 0.2) is 115 Å². The minimum atomic E-state index is -4.68. The van der Waals surface area contributed by atoms with Crippen molar-refractivity contribution < 1.29 is 13.2 Å². The second-order valence-corrected chi connectivity index (χ2v) is 12.0. The van der Waals surface area contributed by atoms with Crippen LogP contribution in [0, 0.1) is 31.8 Å². The van der Waals surface area contributed by atoms with E-state index in [1.165, 1.54) is 6.07 Å². The molecule has 0 atom stereocenters. The molecule has 0 N–H and O–H groups in total. The van der Waals surface area contributed by atoms with Gasteiger partial charge in [0, 0.05) is 32.7 Å². The van der Waals surface area contributed by atoms with Crippen LogP contribution in [0.3, 0.4) is 0 Å². The summed E-state index contributed by atoms with van der Waals surface area (Å²) in [4.78, 5) is 3.46. The number of rotatable bonds is 3. The molecule has 0 bridgehead atoms. The zero-order valence-corrected chi connectivity index (χ0v) is 25.9. The molecule has 230 valence electrons. The summed E-state index contributed by atoms with van der Waals surface area (Å²) in [6.07, 6.45) is -4.68. The van der Waals surface area contributed by atoms with Gasteiger partial charge in [-0.1, -0.05) is 60.7 Å². The van der Waals surface area contributed by atoms with Crippen LogP contribution in [0.5, 0.6) is 0 Å². The Bertz CT molecular complexity index is 2570. The van der Waals surface area contributed by atoms with Crippen molar-refractivity contribution in [3.05, 3.63) is 149 Å². The van der Waals surface area contributed by atoms with Crippen LogP contribution in [0.25, 0.3) is 71.0 Å². The highest BCUT2D eigenvalue weighted by molar-refractivity contribution is 6.13. The molecule has 4 nitrogen and oxygen atoms in total. The van der Waals surface area contributed by atoms with Gasteiger partial charge in [0.05, 0.1) is 51.6 Å². The number of alkyl halides is 3. The van der Waals surface area contributed by atoms with Crippen molar-refractivity contribution in [1.82, 2.24) is 9.13 Å². The lowest BCUT2D eigenvalue weighted by Crippen LogP contribution is -2.07. The van der Waals surface area contributed by atoms with Crippen LogP contribution in [-0.2, 0) is 6.18 Å². The fourth-order valence-electron chi connectivity index (χ4n) is 7.23. The molecule has 8 aromatic rings. The van der Waals surface area contributed by atoms with Gasteiger partial charge in [0.2, 0.25) is 0 Å². The van der Waals surface area contributed by atoms with E-state index >= 15 is 0 Å². The van der Waals surface area contributed by atoms with Crippen LogP contribution in [-0.4, -0.2) is 9.13 Å². The van der Waals surface area contributed by atoms with E-state index in [1.807, 2.05) is 108 Å². The molecule has 0 spiro atoms. The fraction of sp³-hybridized carbons (Fsp3) is 0.0732. The number of fused-ring (bicyclic) bond motifs is 6. The molecule has 2 aromatic heterocycles. The summed E-state index contributed by atoms with van der Waals surface area (Å²) in [5.41, 5.74) is 6.58. The number of hydrogen-bond acceptors (Lipinski definition) is 1. The average molecular weight is 631 g/mol. The summed E-state index contributed by atoms with van der Waals surface area (Å²) in [7, 11) is 0.